The summed E-state index contributed by atoms with van der Waals surface area (Å²) in [5, 5.41) is 0. The number of aryl methyl sites for hydroxylation is 1. The molecular weight excluding hydrogens is 344 g/mol. The van der Waals surface area contributed by atoms with Gasteiger partial charge in [-0.1, -0.05) is 0 Å². The second kappa shape index (κ2) is 6.78. The number of carbonyl (C=O) groups is 2. The van der Waals surface area contributed by atoms with Crippen LogP contribution in [-0.4, -0.2) is 39.6 Å². The molecule has 26 heavy (non-hydrogen) atoms. The van der Waals surface area contributed by atoms with E-state index in [-0.39, 0.29) is 30.6 Å². The van der Waals surface area contributed by atoms with E-state index in [2.05, 4.69) is 9.97 Å². The first-order valence-electron chi connectivity index (χ1n) is 7.97. The molecule has 8 heteroatoms. The number of alkyl halides is 2. The summed E-state index contributed by atoms with van der Waals surface area (Å²) in [7, 11) is 0. The van der Waals surface area contributed by atoms with Crippen LogP contribution in [0.5, 0.6) is 5.88 Å². The Kier molecular flexibility index (Phi) is 4.67. The molecule has 0 fully saturated rings. The predicted molar refractivity (Wildman–Crippen MR) is 88.3 cm³/mol. The minimum absolute atomic E-state index is 0.138. The van der Waals surface area contributed by atoms with Gasteiger partial charge in [0.05, 0.1) is 0 Å². The molecule has 136 valence electrons. The molecular formula is C18H17F2N3O3. The van der Waals surface area contributed by atoms with E-state index >= 15 is 0 Å². The van der Waals surface area contributed by atoms with Crippen LogP contribution in [-0.2, 0) is 13.1 Å². The summed E-state index contributed by atoms with van der Waals surface area (Å²) in [5.41, 5.74) is 2.68. The number of halogens is 2. The zero-order valence-electron chi connectivity index (χ0n) is 14.3. The molecule has 0 aromatic carbocycles. The molecule has 0 spiro atoms. The smallest absolute Gasteiger partial charge is 0.278 e. The van der Waals surface area contributed by atoms with Gasteiger partial charge in [0.25, 0.3) is 11.8 Å². The number of ether oxygens (including phenoxy) is 1. The van der Waals surface area contributed by atoms with Crippen molar-refractivity contribution in [2.24, 2.45) is 0 Å². The number of aldehydes is 1. The Bertz CT molecular complexity index is 865. The van der Waals surface area contributed by atoms with Crippen molar-refractivity contribution in [3.8, 4) is 5.88 Å². The number of carbonyl (C=O) groups excluding carboxylic acids is 2. The molecule has 1 aliphatic heterocycles. The molecule has 0 bridgehead atoms. The fourth-order valence-electron chi connectivity index (χ4n) is 2.81. The maximum Gasteiger partial charge on any atom is 0.278 e. The summed E-state index contributed by atoms with van der Waals surface area (Å²) >= 11 is 0. The van der Waals surface area contributed by atoms with Gasteiger partial charge >= 0.3 is 0 Å². The lowest BCUT2D eigenvalue weighted by Gasteiger charge is -2.17. The van der Waals surface area contributed by atoms with E-state index in [0.717, 1.165) is 12.5 Å². The summed E-state index contributed by atoms with van der Waals surface area (Å²) in [5.74, 6) is -2.99. The van der Waals surface area contributed by atoms with E-state index in [1.807, 2.05) is 0 Å². The van der Waals surface area contributed by atoms with E-state index in [9.17, 15) is 18.4 Å². The van der Waals surface area contributed by atoms with E-state index in [4.69, 9.17) is 4.74 Å². The summed E-state index contributed by atoms with van der Waals surface area (Å²) < 4.78 is 30.8. The molecule has 0 unspecified atom stereocenters. The monoisotopic (exact) mass is 361 g/mol. The van der Waals surface area contributed by atoms with Crippen LogP contribution in [0.4, 0.5) is 8.78 Å². The standard InChI is InChI=1S/C18H17F2N3O3/c1-11-5-12(6-22-16(11)26-10-18(2,19)20)7-23-8-14-13(17(23)25)3-4-21-15(14)9-24/h3-6,9H,7-8,10H2,1-2H3. The van der Waals surface area contributed by atoms with Gasteiger partial charge in [-0.3, -0.25) is 14.6 Å². The van der Waals surface area contributed by atoms with E-state index in [1.165, 1.54) is 12.4 Å². The van der Waals surface area contributed by atoms with Crippen LogP contribution in [0.1, 0.15) is 44.5 Å². The third-order valence-electron chi connectivity index (χ3n) is 3.99. The minimum Gasteiger partial charge on any atom is -0.471 e. The second-order valence-corrected chi connectivity index (χ2v) is 6.33. The van der Waals surface area contributed by atoms with Gasteiger partial charge in [-0.2, -0.15) is 0 Å². The van der Waals surface area contributed by atoms with Crippen molar-refractivity contribution in [1.82, 2.24) is 14.9 Å². The summed E-state index contributed by atoms with van der Waals surface area (Å²) in [6, 6.07) is 3.33. The Balaban J connectivity index is 1.73. The first-order valence-corrected chi connectivity index (χ1v) is 7.97. The van der Waals surface area contributed by atoms with Crippen molar-refractivity contribution in [3.63, 3.8) is 0 Å². The van der Waals surface area contributed by atoms with Crippen molar-refractivity contribution in [2.45, 2.75) is 32.9 Å². The molecule has 0 saturated heterocycles. The van der Waals surface area contributed by atoms with Crippen molar-refractivity contribution in [3.05, 3.63) is 52.5 Å². The van der Waals surface area contributed by atoms with Gasteiger partial charge in [-0.15, -0.1) is 0 Å². The zero-order chi connectivity index (χ0) is 18.9. The number of fused-ring (bicyclic) bond motifs is 1. The van der Waals surface area contributed by atoms with E-state index in [0.29, 0.717) is 23.0 Å². The van der Waals surface area contributed by atoms with Gasteiger partial charge < -0.3 is 9.64 Å². The van der Waals surface area contributed by atoms with Crippen LogP contribution in [0.2, 0.25) is 0 Å². The summed E-state index contributed by atoms with van der Waals surface area (Å²) in [6.45, 7) is 2.30. The number of nitrogens with zero attached hydrogens (tertiary/aromatic N) is 3. The molecule has 2 aromatic rings. The van der Waals surface area contributed by atoms with Crippen molar-refractivity contribution in [2.75, 3.05) is 6.61 Å². The van der Waals surface area contributed by atoms with Gasteiger partial charge in [0.1, 0.15) is 5.69 Å². The number of amides is 1. The van der Waals surface area contributed by atoms with Crippen LogP contribution >= 0.6 is 0 Å². The van der Waals surface area contributed by atoms with E-state index in [1.54, 1.807) is 24.0 Å². The Hall–Kier alpha value is -2.90. The average molecular weight is 361 g/mol. The topological polar surface area (TPSA) is 72.4 Å². The van der Waals surface area contributed by atoms with Crippen molar-refractivity contribution >= 4 is 12.2 Å². The highest BCUT2D eigenvalue weighted by atomic mass is 19.3. The van der Waals surface area contributed by atoms with Crippen LogP contribution in [0.15, 0.2) is 24.5 Å². The number of hydrogen-bond donors (Lipinski definition) is 0. The molecule has 1 aliphatic rings. The number of pyridine rings is 2. The second-order valence-electron chi connectivity index (χ2n) is 6.33. The van der Waals surface area contributed by atoms with Crippen LogP contribution in [0, 0.1) is 6.92 Å². The molecule has 0 atom stereocenters. The molecule has 2 aromatic heterocycles. The van der Waals surface area contributed by atoms with Gasteiger partial charge in [0, 0.05) is 49.1 Å². The lowest BCUT2D eigenvalue weighted by atomic mass is 10.1. The third kappa shape index (κ3) is 3.68. The van der Waals surface area contributed by atoms with Gasteiger partial charge in [-0.05, 0) is 24.6 Å². The molecule has 0 aliphatic carbocycles. The van der Waals surface area contributed by atoms with Gasteiger partial charge in [0.2, 0.25) is 5.88 Å². The average Bonchev–Trinajstić information content (AvgIpc) is 2.89. The molecule has 0 radical (unpaired) electrons. The molecule has 3 heterocycles. The first kappa shape index (κ1) is 17.9. The predicted octanol–water partition coefficient (Wildman–Crippen LogP) is 2.79. The molecule has 1 amide bonds. The molecule has 6 nitrogen and oxygen atoms in total. The SMILES string of the molecule is Cc1cc(CN2Cc3c(ccnc3C=O)C2=O)cnc1OCC(C)(F)F. The largest absolute Gasteiger partial charge is 0.471 e. The van der Waals surface area contributed by atoms with Crippen LogP contribution in [0.25, 0.3) is 0 Å². The number of hydrogen-bond acceptors (Lipinski definition) is 5. The molecule has 3 rings (SSSR count). The number of aromatic nitrogens is 2. The Morgan fingerprint density at radius 2 is 2.15 bits per heavy atom. The van der Waals surface area contributed by atoms with Gasteiger partial charge in [-0.25, -0.2) is 13.8 Å². The summed E-state index contributed by atoms with van der Waals surface area (Å²) in [4.78, 5) is 33.2. The highest BCUT2D eigenvalue weighted by Gasteiger charge is 2.30. The highest BCUT2D eigenvalue weighted by Crippen LogP contribution is 2.26. The van der Waals surface area contributed by atoms with Crippen molar-refractivity contribution in [1.29, 1.82) is 0 Å². The van der Waals surface area contributed by atoms with Crippen molar-refractivity contribution < 1.29 is 23.1 Å². The molecule has 0 N–H and O–H groups in total. The maximum atomic E-state index is 12.9. The van der Waals surface area contributed by atoms with Crippen LogP contribution < -0.4 is 4.74 Å². The zero-order valence-corrected chi connectivity index (χ0v) is 14.3. The lowest BCUT2D eigenvalue weighted by Crippen LogP contribution is -2.24. The van der Waals surface area contributed by atoms with E-state index < -0.39 is 12.5 Å². The Morgan fingerprint density at radius 3 is 2.81 bits per heavy atom. The van der Waals surface area contributed by atoms with Gasteiger partial charge in [0.15, 0.2) is 12.9 Å². The Labute approximate surface area is 148 Å². The normalized spacial score (nSPS) is 13.7. The minimum atomic E-state index is -2.94. The number of rotatable bonds is 6. The molecule has 0 saturated carbocycles. The summed E-state index contributed by atoms with van der Waals surface area (Å²) in [6.07, 6.45) is 3.56. The first-order chi connectivity index (χ1) is 12.3. The fourth-order valence-corrected chi connectivity index (χ4v) is 2.81. The quantitative estimate of drug-likeness (QED) is 0.740. The fraction of sp³-hybridized carbons (Fsp3) is 0.333. The van der Waals surface area contributed by atoms with Crippen LogP contribution in [0.3, 0.4) is 0 Å². The highest BCUT2D eigenvalue weighted by molar-refractivity contribution is 6.00. The lowest BCUT2D eigenvalue weighted by molar-refractivity contribution is -0.0244. The maximum absolute atomic E-state index is 12.9. The third-order valence-corrected chi connectivity index (χ3v) is 3.99. The Morgan fingerprint density at radius 1 is 1.38 bits per heavy atom.